The van der Waals surface area contributed by atoms with Gasteiger partial charge in [0.1, 0.15) is 10.8 Å². The van der Waals surface area contributed by atoms with Crippen LogP contribution in [0.5, 0.6) is 0 Å². The molecule has 0 aromatic heterocycles. The number of ether oxygens (including phenoxy) is 1. The SMILES string of the molecule is CC1N[C@]2(CCC=CO2)[C@@H]1N[S+]([O-])C(C)(C)C. The van der Waals surface area contributed by atoms with Crippen molar-refractivity contribution in [2.45, 2.75) is 63.1 Å². The van der Waals surface area contributed by atoms with Gasteiger partial charge in [-0.1, -0.05) is 0 Å². The van der Waals surface area contributed by atoms with Crippen molar-refractivity contribution in [1.29, 1.82) is 0 Å². The van der Waals surface area contributed by atoms with E-state index in [1.54, 1.807) is 6.26 Å². The number of allylic oxidation sites excluding steroid dienone is 1. The minimum absolute atomic E-state index is 0.104. The minimum Gasteiger partial charge on any atom is -0.598 e. The fraction of sp³-hybridized carbons (Fsp3) is 0.833. The zero-order valence-electron chi connectivity index (χ0n) is 10.9. The van der Waals surface area contributed by atoms with Crippen LogP contribution >= 0.6 is 0 Å². The van der Waals surface area contributed by atoms with Crippen LogP contribution in [0.2, 0.25) is 0 Å². The standard InChI is InChI=1S/C12H22N2O2S/c1-9-10(14-17(15)11(2,3)4)12(13-9)7-5-6-8-16-12/h6,8-10,13-14H,5,7H2,1-4H3/t9?,10-,12+,17?/m1/s1. The van der Waals surface area contributed by atoms with Gasteiger partial charge in [0.2, 0.25) is 0 Å². The van der Waals surface area contributed by atoms with E-state index in [0.29, 0.717) is 0 Å². The summed E-state index contributed by atoms with van der Waals surface area (Å²) in [7, 11) is 0. The van der Waals surface area contributed by atoms with Gasteiger partial charge in [-0.05, 0) is 40.2 Å². The largest absolute Gasteiger partial charge is 0.598 e. The summed E-state index contributed by atoms with van der Waals surface area (Å²) >= 11 is -1.06. The van der Waals surface area contributed by atoms with Gasteiger partial charge in [0.15, 0.2) is 5.72 Å². The third-order valence-electron chi connectivity index (χ3n) is 3.32. The molecule has 2 N–H and O–H groups in total. The normalized spacial score (nSPS) is 38.6. The molecule has 2 heterocycles. The molecule has 0 amide bonds. The molecule has 0 saturated carbocycles. The second-order valence-corrected chi connectivity index (χ2v) is 7.83. The Bertz CT molecular complexity index is 316. The summed E-state index contributed by atoms with van der Waals surface area (Å²) in [6.45, 7) is 8.01. The quantitative estimate of drug-likeness (QED) is 0.736. The van der Waals surface area contributed by atoms with Crippen molar-refractivity contribution < 1.29 is 9.29 Å². The van der Waals surface area contributed by atoms with Crippen LogP contribution in [0.15, 0.2) is 12.3 Å². The Kier molecular flexibility index (Phi) is 3.47. The molecule has 2 aliphatic rings. The van der Waals surface area contributed by atoms with Crippen molar-refractivity contribution in [2.75, 3.05) is 0 Å². The van der Waals surface area contributed by atoms with Crippen LogP contribution in [0.3, 0.4) is 0 Å². The Hall–Kier alpha value is -0.230. The number of rotatable bonds is 2. The van der Waals surface area contributed by atoms with E-state index in [1.807, 2.05) is 26.8 Å². The molecule has 0 aromatic carbocycles. The molecule has 1 spiro atoms. The molecule has 0 bridgehead atoms. The van der Waals surface area contributed by atoms with Crippen LogP contribution in [-0.2, 0) is 16.1 Å². The fourth-order valence-electron chi connectivity index (χ4n) is 2.28. The van der Waals surface area contributed by atoms with Crippen LogP contribution in [-0.4, -0.2) is 27.1 Å². The smallest absolute Gasteiger partial charge is 0.181 e. The summed E-state index contributed by atoms with van der Waals surface area (Å²) in [4.78, 5) is 0. The van der Waals surface area contributed by atoms with Gasteiger partial charge in [-0.3, -0.25) is 5.32 Å². The predicted octanol–water partition coefficient (Wildman–Crippen LogP) is 1.42. The first-order valence-corrected chi connectivity index (χ1v) is 7.29. The predicted molar refractivity (Wildman–Crippen MR) is 69.6 cm³/mol. The lowest BCUT2D eigenvalue weighted by Gasteiger charge is -2.54. The third-order valence-corrected chi connectivity index (χ3v) is 4.90. The Morgan fingerprint density at radius 2 is 2.24 bits per heavy atom. The molecular weight excluding hydrogens is 236 g/mol. The van der Waals surface area contributed by atoms with E-state index in [1.165, 1.54) is 0 Å². The Labute approximate surface area is 106 Å². The highest BCUT2D eigenvalue weighted by molar-refractivity contribution is 7.90. The molecular formula is C12H22N2O2S. The maximum Gasteiger partial charge on any atom is 0.181 e. The summed E-state index contributed by atoms with van der Waals surface area (Å²) in [5.74, 6) is 0. The summed E-state index contributed by atoms with van der Waals surface area (Å²) < 4.78 is 20.8. The molecule has 0 radical (unpaired) electrons. The van der Waals surface area contributed by atoms with E-state index < -0.39 is 11.4 Å². The lowest BCUT2D eigenvalue weighted by atomic mass is 9.83. The molecule has 5 heteroatoms. The van der Waals surface area contributed by atoms with Gasteiger partial charge in [-0.25, -0.2) is 0 Å². The first-order valence-electron chi connectivity index (χ1n) is 6.14. The minimum atomic E-state index is -1.06. The zero-order chi connectivity index (χ0) is 12.7. The van der Waals surface area contributed by atoms with Crippen molar-refractivity contribution in [3.63, 3.8) is 0 Å². The van der Waals surface area contributed by atoms with Gasteiger partial charge in [0.25, 0.3) is 0 Å². The summed E-state index contributed by atoms with van der Waals surface area (Å²) in [6, 6.07) is 0.389. The van der Waals surface area contributed by atoms with Gasteiger partial charge in [0, 0.05) is 23.8 Å². The van der Waals surface area contributed by atoms with Crippen LogP contribution < -0.4 is 10.0 Å². The highest BCUT2D eigenvalue weighted by Crippen LogP contribution is 2.35. The van der Waals surface area contributed by atoms with E-state index >= 15 is 0 Å². The van der Waals surface area contributed by atoms with Gasteiger partial charge in [-0.15, -0.1) is 4.72 Å². The molecule has 4 nitrogen and oxygen atoms in total. The summed E-state index contributed by atoms with van der Waals surface area (Å²) in [5, 5.41) is 3.39. The fourth-order valence-corrected chi connectivity index (χ4v) is 3.26. The van der Waals surface area contributed by atoms with E-state index in [2.05, 4.69) is 17.0 Å². The average molecular weight is 258 g/mol. The van der Waals surface area contributed by atoms with Gasteiger partial charge < -0.3 is 9.29 Å². The second-order valence-electron chi connectivity index (χ2n) is 5.83. The van der Waals surface area contributed by atoms with Gasteiger partial charge in [0.05, 0.1) is 6.26 Å². The van der Waals surface area contributed by atoms with Crippen LogP contribution in [0, 0.1) is 0 Å². The van der Waals surface area contributed by atoms with Crippen LogP contribution in [0.25, 0.3) is 0 Å². The monoisotopic (exact) mass is 258 g/mol. The number of nitrogens with one attached hydrogen (secondary N) is 2. The molecule has 2 aliphatic heterocycles. The molecule has 17 heavy (non-hydrogen) atoms. The van der Waals surface area contributed by atoms with Crippen molar-refractivity contribution in [3.05, 3.63) is 12.3 Å². The van der Waals surface area contributed by atoms with Crippen LogP contribution in [0.1, 0.15) is 40.5 Å². The maximum absolute atomic E-state index is 12.1. The number of hydrogen-bond donors (Lipinski definition) is 2. The van der Waals surface area contributed by atoms with E-state index in [-0.39, 0.29) is 22.6 Å². The molecule has 2 unspecified atom stereocenters. The first-order chi connectivity index (χ1) is 7.85. The Morgan fingerprint density at radius 3 is 2.71 bits per heavy atom. The average Bonchev–Trinajstić information content (AvgIpc) is 2.25. The van der Waals surface area contributed by atoms with Crippen molar-refractivity contribution in [2.24, 2.45) is 0 Å². The number of hydrogen-bond acceptors (Lipinski definition) is 4. The summed E-state index contributed by atoms with van der Waals surface area (Å²) in [5.41, 5.74) is -0.352. The zero-order valence-corrected chi connectivity index (χ0v) is 11.8. The molecule has 2 rings (SSSR count). The second kappa shape index (κ2) is 4.46. The maximum atomic E-state index is 12.1. The van der Waals surface area contributed by atoms with E-state index in [9.17, 15) is 4.55 Å². The molecule has 98 valence electrons. The Balaban J connectivity index is 2.02. The molecule has 1 saturated heterocycles. The van der Waals surface area contributed by atoms with E-state index in [4.69, 9.17) is 4.74 Å². The topological polar surface area (TPSA) is 56.3 Å². The third kappa shape index (κ3) is 2.47. The van der Waals surface area contributed by atoms with Gasteiger partial charge >= 0.3 is 0 Å². The lowest BCUT2D eigenvalue weighted by Crippen LogP contribution is -2.80. The van der Waals surface area contributed by atoms with Crippen LogP contribution in [0.4, 0.5) is 0 Å². The lowest BCUT2D eigenvalue weighted by molar-refractivity contribution is -0.126. The molecule has 0 aromatic rings. The van der Waals surface area contributed by atoms with E-state index in [0.717, 1.165) is 12.8 Å². The first kappa shape index (κ1) is 13.2. The molecule has 4 atom stereocenters. The van der Waals surface area contributed by atoms with Crippen molar-refractivity contribution in [3.8, 4) is 0 Å². The van der Waals surface area contributed by atoms with Gasteiger partial charge in [-0.2, -0.15) is 0 Å². The Morgan fingerprint density at radius 1 is 1.53 bits per heavy atom. The van der Waals surface area contributed by atoms with Crippen molar-refractivity contribution in [1.82, 2.24) is 10.0 Å². The highest BCUT2D eigenvalue weighted by Gasteiger charge is 2.56. The highest BCUT2D eigenvalue weighted by atomic mass is 32.2. The van der Waals surface area contributed by atoms with Crippen molar-refractivity contribution >= 4 is 11.4 Å². The summed E-state index contributed by atoms with van der Waals surface area (Å²) in [6.07, 6.45) is 5.69. The molecule has 0 aliphatic carbocycles. The molecule has 1 fully saturated rings.